The van der Waals surface area contributed by atoms with E-state index in [0.29, 0.717) is 5.92 Å². The molecule has 0 bridgehead atoms. The molecule has 1 rings (SSSR count). The van der Waals surface area contributed by atoms with Gasteiger partial charge < -0.3 is 10.6 Å². The zero-order valence-corrected chi connectivity index (χ0v) is 9.29. The molecule has 0 amide bonds. The van der Waals surface area contributed by atoms with Crippen molar-refractivity contribution in [2.24, 2.45) is 17.6 Å². The maximum Gasteiger partial charge on any atom is 0.00387 e. The molecule has 2 N–H and O–H groups in total. The van der Waals surface area contributed by atoms with Crippen molar-refractivity contribution < 1.29 is 0 Å². The standard InChI is InChI=1S/C11H24N2/c1-9(2)13-5-4-11(8-13)6-10(3)7-12/h9-11H,4-8,12H2,1-3H3. The van der Waals surface area contributed by atoms with Crippen molar-refractivity contribution in [3.8, 4) is 0 Å². The number of rotatable bonds is 4. The molecule has 1 aliphatic rings. The molecule has 0 aromatic rings. The smallest absolute Gasteiger partial charge is 0.00387 e. The van der Waals surface area contributed by atoms with Gasteiger partial charge in [-0.3, -0.25) is 0 Å². The molecule has 2 unspecified atom stereocenters. The van der Waals surface area contributed by atoms with Gasteiger partial charge in [0.05, 0.1) is 0 Å². The predicted octanol–water partition coefficient (Wildman–Crippen LogP) is 1.70. The summed E-state index contributed by atoms with van der Waals surface area (Å²) >= 11 is 0. The van der Waals surface area contributed by atoms with E-state index >= 15 is 0 Å². The molecule has 1 saturated heterocycles. The molecule has 78 valence electrons. The number of nitrogens with two attached hydrogens (primary N) is 1. The fourth-order valence-electron chi connectivity index (χ4n) is 2.19. The second-order valence-electron chi connectivity index (χ2n) is 4.82. The lowest BCUT2D eigenvalue weighted by Gasteiger charge is -2.21. The number of nitrogens with zero attached hydrogens (tertiary/aromatic N) is 1. The number of hydrogen-bond acceptors (Lipinski definition) is 2. The lowest BCUT2D eigenvalue weighted by Crippen LogP contribution is -2.28. The highest BCUT2D eigenvalue weighted by Gasteiger charge is 2.24. The molecule has 0 aromatic heterocycles. The molecule has 0 aromatic carbocycles. The molecule has 0 aliphatic carbocycles. The first-order valence-corrected chi connectivity index (χ1v) is 5.57. The van der Waals surface area contributed by atoms with E-state index in [0.717, 1.165) is 18.5 Å². The third-order valence-electron chi connectivity index (χ3n) is 3.19. The van der Waals surface area contributed by atoms with Gasteiger partial charge in [-0.1, -0.05) is 6.92 Å². The monoisotopic (exact) mass is 184 g/mol. The van der Waals surface area contributed by atoms with Crippen molar-refractivity contribution in [2.75, 3.05) is 19.6 Å². The second-order valence-corrected chi connectivity index (χ2v) is 4.82. The molecule has 2 atom stereocenters. The maximum absolute atomic E-state index is 5.63. The molecule has 0 saturated carbocycles. The van der Waals surface area contributed by atoms with E-state index in [1.54, 1.807) is 0 Å². The first kappa shape index (κ1) is 11.0. The summed E-state index contributed by atoms with van der Waals surface area (Å²) in [7, 11) is 0. The van der Waals surface area contributed by atoms with Crippen LogP contribution in [-0.2, 0) is 0 Å². The Balaban J connectivity index is 2.25. The highest BCUT2D eigenvalue weighted by molar-refractivity contribution is 4.78. The highest BCUT2D eigenvalue weighted by atomic mass is 15.2. The molecule has 1 aliphatic heterocycles. The molecule has 0 radical (unpaired) electrons. The zero-order chi connectivity index (χ0) is 9.84. The van der Waals surface area contributed by atoms with Gasteiger partial charge in [0, 0.05) is 12.6 Å². The summed E-state index contributed by atoms with van der Waals surface area (Å²) in [6, 6.07) is 0.721. The van der Waals surface area contributed by atoms with Gasteiger partial charge in [0.2, 0.25) is 0 Å². The summed E-state index contributed by atoms with van der Waals surface area (Å²) in [4.78, 5) is 2.58. The Kier molecular flexibility index (Phi) is 4.20. The van der Waals surface area contributed by atoms with Gasteiger partial charge in [-0.25, -0.2) is 0 Å². The lowest BCUT2D eigenvalue weighted by molar-refractivity contribution is 0.258. The minimum absolute atomic E-state index is 0.706. The average molecular weight is 184 g/mol. The van der Waals surface area contributed by atoms with Crippen LogP contribution in [0.2, 0.25) is 0 Å². The quantitative estimate of drug-likeness (QED) is 0.720. The van der Waals surface area contributed by atoms with Crippen molar-refractivity contribution in [1.29, 1.82) is 0 Å². The maximum atomic E-state index is 5.63. The molecular formula is C11H24N2. The van der Waals surface area contributed by atoms with Gasteiger partial charge in [0.15, 0.2) is 0 Å². The lowest BCUT2D eigenvalue weighted by atomic mass is 9.95. The molecular weight excluding hydrogens is 160 g/mol. The van der Waals surface area contributed by atoms with E-state index < -0.39 is 0 Å². The van der Waals surface area contributed by atoms with Gasteiger partial charge in [-0.05, 0) is 51.6 Å². The Morgan fingerprint density at radius 1 is 1.38 bits per heavy atom. The molecule has 13 heavy (non-hydrogen) atoms. The van der Waals surface area contributed by atoms with E-state index in [2.05, 4.69) is 25.7 Å². The van der Waals surface area contributed by atoms with Crippen LogP contribution in [0.3, 0.4) is 0 Å². The Morgan fingerprint density at radius 3 is 2.54 bits per heavy atom. The average Bonchev–Trinajstić information content (AvgIpc) is 2.52. The fourth-order valence-corrected chi connectivity index (χ4v) is 2.19. The van der Waals surface area contributed by atoms with Crippen molar-refractivity contribution in [3.63, 3.8) is 0 Å². The Labute approximate surface area is 82.5 Å². The Bertz CT molecular complexity index is 145. The molecule has 0 spiro atoms. The number of hydrogen-bond donors (Lipinski definition) is 1. The molecule has 2 heteroatoms. The normalized spacial score (nSPS) is 27.0. The van der Waals surface area contributed by atoms with Gasteiger partial charge in [-0.15, -0.1) is 0 Å². The molecule has 1 heterocycles. The van der Waals surface area contributed by atoms with Crippen LogP contribution in [0, 0.1) is 11.8 Å². The van der Waals surface area contributed by atoms with Crippen LogP contribution in [-0.4, -0.2) is 30.6 Å². The van der Waals surface area contributed by atoms with Gasteiger partial charge >= 0.3 is 0 Å². The topological polar surface area (TPSA) is 29.3 Å². The van der Waals surface area contributed by atoms with Crippen LogP contribution >= 0.6 is 0 Å². The Morgan fingerprint density at radius 2 is 2.08 bits per heavy atom. The summed E-state index contributed by atoms with van der Waals surface area (Å²) in [5, 5.41) is 0. The van der Waals surface area contributed by atoms with Crippen LogP contribution in [0.25, 0.3) is 0 Å². The van der Waals surface area contributed by atoms with Crippen molar-refractivity contribution in [1.82, 2.24) is 4.90 Å². The second kappa shape index (κ2) is 4.97. The summed E-state index contributed by atoms with van der Waals surface area (Å²) in [5.74, 6) is 1.61. The highest BCUT2D eigenvalue weighted by Crippen LogP contribution is 2.24. The van der Waals surface area contributed by atoms with E-state index in [1.165, 1.54) is 25.9 Å². The third kappa shape index (κ3) is 3.28. The van der Waals surface area contributed by atoms with Crippen LogP contribution in [0.4, 0.5) is 0 Å². The van der Waals surface area contributed by atoms with Crippen molar-refractivity contribution >= 4 is 0 Å². The van der Waals surface area contributed by atoms with E-state index in [9.17, 15) is 0 Å². The van der Waals surface area contributed by atoms with Crippen LogP contribution in [0.1, 0.15) is 33.6 Å². The SMILES string of the molecule is CC(CN)CC1CCN(C(C)C)C1. The minimum atomic E-state index is 0.706. The summed E-state index contributed by atoms with van der Waals surface area (Å²) in [5.41, 5.74) is 5.63. The third-order valence-corrected chi connectivity index (χ3v) is 3.19. The largest absolute Gasteiger partial charge is 0.330 e. The van der Waals surface area contributed by atoms with Gasteiger partial charge in [-0.2, -0.15) is 0 Å². The van der Waals surface area contributed by atoms with Gasteiger partial charge in [0.1, 0.15) is 0 Å². The minimum Gasteiger partial charge on any atom is -0.330 e. The van der Waals surface area contributed by atoms with E-state index in [1.807, 2.05) is 0 Å². The predicted molar refractivity (Wildman–Crippen MR) is 57.7 cm³/mol. The van der Waals surface area contributed by atoms with Gasteiger partial charge in [0.25, 0.3) is 0 Å². The van der Waals surface area contributed by atoms with E-state index in [-0.39, 0.29) is 0 Å². The van der Waals surface area contributed by atoms with Crippen LogP contribution in [0.5, 0.6) is 0 Å². The molecule has 2 nitrogen and oxygen atoms in total. The molecule has 1 fully saturated rings. The first-order valence-electron chi connectivity index (χ1n) is 5.57. The number of likely N-dealkylation sites (tertiary alicyclic amines) is 1. The van der Waals surface area contributed by atoms with E-state index in [4.69, 9.17) is 5.73 Å². The van der Waals surface area contributed by atoms with Crippen LogP contribution < -0.4 is 5.73 Å². The van der Waals surface area contributed by atoms with Crippen molar-refractivity contribution in [2.45, 2.75) is 39.7 Å². The summed E-state index contributed by atoms with van der Waals surface area (Å²) < 4.78 is 0. The Hall–Kier alpha value is -0.0800. The zero-order valence-electron chi connectivity index (χ0n) is 9.29. The summed E-state index contributed by atoms with van der Waals surface area (Å²) in [6.45, 7) is 10.3. The first-order chi connectivity index (χ1) is 6.13. The van der Waals surface area contributed by atoms with Crippen LogP contribution in [0.15, 0.2) is 0 Å². The van der Waals surface area contributed by atoms with Crippen molar-refractivity contribution in [3.05, 3.63) is 0 Å². The fraction of sp³-hybridized carbons (Fsp3) is 1.00. The summed E-state index contributed by atoms with van der Waals surface area (Å²) in [6.07, 6.45) is 2.70.